The van der Waals surface area contributed by atoms with Crippen LogP contribution in [0.4, 0.5) is 5.69 Å². The van der Waals surface area contributed by atoms with E-state index in [1.807, 2.05) is 52.0 Å². The van der Waals surface area contributed by atoms with Gasteiger partial charge < -0.3 is 31.1 Å². The molecule has 11 heteroatoms. The third-order valence-electron chi connectivity index (χ3n) is 7.97. The number of nitrogens with zero attached hydrogens (tertiary/aromatic N) is 1. The summed E-state index contributed by atoms with van der Waals surface area (Å²) in [5, 5.41) is 17.4. The van der Waals surface area contributed by atoms with Gasteiger partial charge in [0.25, 0.3) is 11.8 Å². The summed E-state index contributed by atoms with van der Waals surface area (Å²) in [5.74, 6) is -0.789. The quantitative estimate of drug-likeness (QED) is 0.244. The van der Waals surface area contributed by atoms with Gasteiger partial charge in [-0.1, -0.05) is 48.0 Å². The fourth-order valence-corrected chi connectivity index (χ4v) is 6.77. The Morgan fingerprint density at radius 2 is 1.77 bits per heavy atom. The average molecular weight is 639 g/mol. The predicted octanol–water partition coefficient (Wildman–Crippen LogP) is 4.25. The van der Waals surface area contributed by atoms with Crippen LogP contribution in [-0.4, -0.2) is 63.6 Å². The van der Waals surface area contributed by atoms with Crippen LogP contribution in [0.5, 0.6) is 5.75 Å². The fraction of sp³-hybridized carbons (Fsp3) is 0.364. The highest BCUT2D eigenvalue weighted by Gasteiger charge is 2.49. The maximum Gasteiger partial charge on any atom is 0.254 e. The third-order valence-corrected chi connectivity index (χ3v) is 9.77. The highest BCUT2D eigenvalue weighted by molar-refractivity contribution is 8.00. The number of nitrogens with two attached hydrogens (primary N) is 1. The number of aliphatic hydroxyl groups is 1. The van der Waals surface area contributed by atoms with Gasteiger partial charge >= 0.3 is 0 Å². The molecule has 1 saturated heterocycles. The number of carbonyl (C=O) groups is 3. The fourth-order valence-electron chi connectivity index (χ4n) is 5.42. The molecule has 9 nitrogen and oxygen atoms in total. The summed E-state index contributed by atoms with van der Waals surface area (Å²) in [4.78, 5) is 42.4. The molecule has 234 valence electrons. The SMILES string of the molecule is COc1cccc(C[C@H](NC(=O)c2cccc(N)c2Cl)[C@H](O)C(=O)N2CSC(C)(C)C2C(=O)NCc2c(C)cccc2C)c1. The zero-order valence-corrected chi connectivity index (χ0v) is 27.1. The molecule has 1 aliphatic heterocycles. The molecular formula is C33H39ClN4O5S. The summed E-state index contributed by atoms with van der Waals surface area (Å²) in [6.07, 6.45) is -1.57. The lowest BCUT2D eigenvalue weighted by Gasteiger charge is -2.33. The number of aryl methyl sites for hydroxylation is 2. The van der Waals surface area contributed by atoms with E-state index in [1.165, 1.54) is 29.8 Å². The van der Waals surface area contributed by atoms with Crippen LogP contribution in [0, 0.1) is 13.8 Å². The number of rotatable bonds is 10. The molecule has 1 heterocycles. The van der Waals surface area contributed by atoms with Crippen molar-refractivity contribution in [3.8, 4) is 5.75 Å². The van der Waals surface area contributed by atoms with E-state index in [2.05, 4.69) is 10.6 Å². The van der Waals surface area contributed by atoms with Crippen LogP contribution >= 0.6 is 23.4 Å². The molecule has 3 amide bonds. The van der Waals surface area contributed by atoms with Crippen molar-refractivity contribution < 1.29 is 24.2 Å². The Labute approximate surface area is 267 Å². The number of hydrogen-bond donors (Lipinski definition) is 4. The molecule has 1 fully saturated rings. The van der Waals surface area contributed by atoms with Crippen LogP contribution in [0.3, 0.4) is 0 Å². The van der Waals surface area contributed by atoms with Crippen LogP contribution in [0.25, 0.3) is 0 Å². The lowest BCUT2D eigenvalue weighted by molar-refractivity contribution is -0.147. The minimum absolute atomic E-state index is 0.0734. The Hall–Kier alpha value is -3.73. The summed E-state index contributed by atoms with van der Waals surface area (Å²) >= 11 is 7.76. The highest BCUT2D eigenvalue weighted by atomic mass is 35.5. The number of benzene rings is 3. The van der Waals surface area contributed by atoms with E-state index in [0.717, 1.165) is 22.3 Å². The molecule has 0 aliphatic carbocycles. The molecule has 5 N–H and O–H groups in total. The van der Waals surface area contributed by atoms with E-state index in [4.69, 9.17) is 22.1 Å². The van der Waals surface area contributed by atoms with Crippen LogP contribution < -0.4 is 21.1 Å². The van der Waals surface area contributed by atoms with Gasteiger partial charge in [0.1, 0.15) is 11.8 Å². The normalized spacial score (nSPS) is 17.1. The van der Waals surface area contributed by atoms with E-state index in [9.17, 15) is 19.5 Å². The average Bonchev–Trinajstić information content (AvgIpc) is 3.31. The first-order valence-electron chi connectivity index (χ1n) is 14.3. The minimum Gasteiger partial charge on any atom is -0.497 e. The molecule has 4 rings (SSSR count). The first-order valence-corrected chi connectivity index (χ1v) is 15.6. The molecule has 44 heavy (non-hydrogen) atoms. The van der Waals surface area contributed by atoms with Gasteiger partial charge in [0, 0.05) is 11.3 Å². The molecular weight excluding hydrogens is 600 g/mol. The number of carbonyl (C=O) groups excluding carboxylic acids is 3. The Balaban J connectivity index is 1.59. The molecule has 1 unspecified atom stereocenters. The Morgan fingerprint density at radius 3 is 2.45 bits per heavy atom. The number of ether oxygens (including phenoxy) is 1. The number of thioether (sulfide) groups is 1. The predicted molar refractivity (Wildman–Crippen MR) is 175 cm³/mol. The standard InChI is InChI=1S/C33H39ClN4O5S/c1-19-9-6-10-20(2)24(19)17-36-31(41)29-33(3,4)44-18-38(29)32(42)28(39)26(16-21-11-7-12-22(15-21)43-5)37-30(40)23-13-8-14-25(35)27(23)34/h6-15,26,28-29,39H,16-18,35H2,1-5H3,(H,36,41)(H,37,40)/t26-,28-,29?/m0/s1. The number of methoxy groups -OCH3 is 1. The Kier molecular flexibility index (Phi) is 10.5. The lowest BCUT2D eigenvalue weighted by atomic mass is 9.96. The number of nitrogen functional groups attached to an aromatic ring is 1. The van der Waals surface area contributed by atoms with Gasteiger partial charge in [0.2, 0.25) is 5.91 Å². The first kappa shape index (κ1) is 33.2. The Morgan fingerprint density at radius 1 is 1.11 bits per heavy atom. The van der Waals surface area contributed by atoms with Crippen LogP contribution in [-0.2, 0) is 22.6 Å². The number of aliphatic hydroxyl groups excluding tert-OH is 1. The molecule has 0 bridgehead atoms. The van der Waals surface area contributed by atoms with Gasteiger partial charge in [0.05, 0.1) is 35.3 Å². The van der Waals surface area contributed by atoms with E-state index >= 15 is 0 Å². The zero-order valence-electron chi connectivity index (χ0n) is 25.5. The van der Waals surface area contributed by atoms with E-state index < -0.39 is 34.7 Å². The van der Waals surface area contributed by atoms with Crippen LogP contribution in [0.15, 0.2) is 60.7 Å². The molecule has 3 aromatic rings. The maximum absolute atomic E-state index is 14.0. The van der Waals surface area contributed by atoms with Gasteiger partial charge in [0.15, 0.2) is 6.10 Å². The van der Waals surface area contributed by atoms with Crippen LogP contribution in [0.2, 0.25) is 5.02 Å². The topological polar surface area (TPSA) is 134 Å². The minimum atomic E-state index is -1.67. The zero-order chi connectivity index (χ0) is 32.2. The largest absolute Gasteiger partial charge is 0.497 e. The van der Waals surface area contributed by atoms with Crippen molar-refractivity contribution in [3.05, 3.63) is 93.5 Å². The molecule has 1 aliphatic rings. The number of amides is 3. The van der Waals surface area contributed by atoms with Gasteiger partial charge in [-0.25, -0.2) is 0 Å². The lowest BCUT2D eigenvalue weighted by Crippen LogP contribution is -2.58. The summed E-state index contributed by atoms with van der Waals surface area (Å²) < 4.78 is 4.71. The third kappa shape index (κ3) is 7.31. The number of hydrogen-bond acceptors (Lipinski definition) is 7. The first-order chi connectivity index (χ1) is 20.8. The van der Waals surface area contributed by atoms with E-state index in [1.54, 1.807) is 30.3 Å². The van der Waals surface area contributed by atoms with E-state index in [0.29, 0.717) is 12.3 Å². The highest BCUT2D eigenvalue weighted by Crippen LogP contribution is 2.40. The second-order valence-corrected chi connectivity index (χ2v) is 13.4. The molecule has 0 spiro atoms. The van der Waals surface area contributed by atoms with Gasteiger partial charge in [-0.3, -0.25) is 14.4 Å². The van der Waals surface area contributed by atoms with Crippen molar-refractivity contribution >= 4 is 46.8 Å². The van der Waals surface area contributed by atoms with Crippen LogP contribution in [0.1, 0.15) is 46.5 Å². The maximum atomic E-state index is 14.0. The van der Waals surface area contributed by atoms with Crippen molar-refractivity contribution in [3.63, 3.8) is 0 Å². The molecule has 3 atom stereocenters. The van der Waals surface area contributed by atoms with Gasteiger partial charge in [-0.15, -0.1) is 11.8 Å². The number of anilines is 1. The second kappa shape index (κ2) is 13.9. The van der Waals surface area contributed by atoms with Crippen molar-refractivity contribution in [2.75, 3.05) is 18.7 Å². The summed E-state index contributed by atoms with van der Waals surface area (Å²) in [6.45, 7) is 8.10. The molecule has 0 radical (unpaired) electrons. The second-order valence-electron chi connectivity index (χ2n) is 11.5. The van der Waals surface area contributed by atoms with Crippen molar-refractivity contribution in [1.82, 2.24) is 15.5 Å². The monoisotopic (exact) mass is 638 g/mol. The van der Waals surface area contributed by atoms with Gasteiger partial charge in [-0.05, 0) is 80.6 Å². The Bertz CT molecular complexity index is 1530. The number of nitrogens with one attached hydrogen (secondary N) is 2. The van der Waals surface area contributed by atoms with Crippen molar-refractivity contribution in [2.24, 2.45) is 0 Å². The summed E-state index contributed by atoms with van der Waals surface area (Å²) in [6, 6.07) is 15.9. The smallest absolute Gasteiger partial charge is 0.254 e. The van der Waals surface area contributed by atoms with Crippen molar-refractivity contribution in [1.29, 1.82) is 0 Å². The van der Waals surface area contributed by atoms with Gasteiger partial charge in [-0.2, -0.15) is 0 Å². The molecule has 0 saturated carbocycles. The molecule has 3 aromatic carbocycles. The van der Waals surface area contributed by atoms with Crippen molar-refractivity contribution in [2.45, 2.75) is 63.6 Å². The molecule has 0 aromatic heterocycles. The van der Waals surface area contributed by atoms with E-state index in [-0.39, 0.29) is 34.5 Å². The number of halogens is 1. The summed E-state index contributed by atoms with van der Waals surface area (Å²) in [5.41, 5.74) is 10.1. The summed E-state index contributed by atoms with van der Waals surface area (Å²) in [7, 11) is 1.54.